The largest absolute Gasteiger partial charge is 0.383 e. The Balaban J connectivity index is 1.95. The van der Waals surface area contributed by atoms with Crippen molar-refractivity contribution in [2.24, 2.45) is 5.41 Å². The summed E-state index contributed by atoms with van der Waals surface area (Å²) in [6, 6.07) is 14.9. The first-order valence-electron chi connectivity index (χ1n) is 10.4. The lowest BCUT2D eigenvalue weighted by Crippen LogP contribution is -2.31. The number of carbonyl (C=O) groups excluding carboxylic acids is 1. The van der Waals surface area contributed by atoms with E-state index >= 15 is 0 Å². The molecule has 4 nitrogen and oxygen atoms in total. The van der Waals surface area contributed by atoms with E-state index in [-0.39, 0.29) is 23.1 Å². The predicted octanol–water partition coefficient (Wildman–Crippen LogP) is 5.11. The van der Waals surface area contributed by atoms with Crippen molar-refractivity contribution in [2.45, 2.75) is 39.7 Å². The number of fused-ring (bicyclic) bond motifs is 1. The SMILES string of the molecule is COCCNC(=O)CC(c1cn(Cc2ccc(F)cc2)c2ccccc12)C(C)(C)C. The molecule has 3 rings (SSSR count). The molecule has 160 valence electrons. The maximum Gasteiger partial charge on any atom is 0.220 e. The first-order valence-corrected chi connectivity index (χ1v) is 10.4. The molecule has 0 aliphatic rings. The third-order valence-electron chi connectivity index (χ3n) is 5.52. The highest BCUT2D eigenvalue weighted by atomic mass is 19.1. The maximum atomic E-state index is 13.3. The lowest BCUT2D eigenvalue weighted by atomic mass is 9.74. The van der Waals surface area contributed by atoms with Gasteiger partial charge in [0.1, 0.15) is 5.82 Å². The molecule has 1 heterocycles. The average molecular weight is 411 g/mol. The number of methoxy groups -OCH3 is 1. The summed E-state index contributed by atoms with van der Waals surface area (Å²) in [6.07, 6.45) is 2.57. The highest BCUT2D eigenvalue weighted by Gasteiger charge is 2.31. The standard InChI is InChI=1S/C25H31FN2O2/c1-25(2,3)22(15-24(29)27-13-14-30-4)21-17-28(23-8-6-5-7-20(21)23)16-18-9-11-19(26)12-10-18/h5-12,17,22H,13-16H2,1-4H3,(H,27,29). The van der Waals surface area contributed by atoms with Gasteiger partial charge in [0.2, 0.25) is 5.91 Å². The van der Waals surface area contributed by atoms with Gasteiger partial charge in [-0.2, -0.15) is 0 Å². The molecular formula is C25H31FN2O2. The van der Waals surface area contributed by atoms with E-state index in [1.807, 2.05) is 24.3 Å². The molecule has 0 spiro atoms. The van der Waals surface area contributed by atoms with E-state index in [1.54, 1.807) is 7.11 Å². The zero-order valence-electron chi connectivity index (χ0n) is 18.2. The molecule has 0 aliphatic carbocycles. The third kappa shape index (κ3) is 5.28. The molecule has 1 aromatic heterocycles. The zero-order chi connectivity index (χ0) is 21.7. The van der Waals surface area contributed by atoms with Crippen molar-refractivity contribution in [3.8, 4) is 0 Å². The van der Waals surface area contributed by atoms with Crippen LogP contribution in [0.2, 0.25) is 0 Å². The highest BCUT2D eigenvalue weighted by molar-refractivity contribution is 5.86. The quantitative estimate of drug-likeness (QED) is 0.524. The molecule has 2 aromatic carbocycles. The van der Waals surface area contributed by atoms with Crippen LogP contribution in [0.5, 0.6) is 0 Å². The molecule has 0 aliphatic heterocycles. The molecule has 5 heteroatoms. The summed E-state index contributed by atoms with van der Waals surface area (Å²) in [4.78, 5) is 12.6. The fourth-order valence-electron chi connectivity index (χ4n) is 3.90. The van der Waals surface area contributed by atoms with E-state index in [0.29, 0.717) is 26.1 Å². The van der Waals surface area contributed by atoms with Crippen LogP contribution in [0.4, 0.5) is 4.39 Å². The van der Waals surface area contributed by atoms with Gasteiger partial charge in [-0.05, 0) is 40.7 Å². The second kappa shape index (κ2) is 9.43. The first-order chi connectivity index (χ1) is 14.3. The molecule has 0 saturated carbocycles. The van der Waals surface area contributed by atoms with Gasteiger partial charge in [0.15, 0.2) is 0 Å². The Labute approximate surface area is 178 Å². The number of carbonyl (C=O) groups is 1. The molecule has 1 N–H and O–H groups in total. The summed E-state index contributed by atoms with van der Waals surface area (Å²) in [5, 5.41) is 4.11. The van der Waals surface area contributed by atoms with E-state index in [9.17, 15) is 9.18 Å². The van der Waals surface area contributed by atoms with E-state index in [2.05, 4.69) is 49.0 Å². The normalized spacial score (nSPS) is 12.8. The minimum atomic E-state index is -0.232. The van der Waals surface area contributed by atoms with E-state index < -0.39 is 0 Å². The van der Waals surface area contributed by atoms with Crippen molar-refractivity contribution in [1.82, 2.24) is 9.88 Å². The number of halogens is 1. The van der Waals surface area contributed by atoms with Crippen molar-refractivity contribution in [1.29, 1.82) is 0 Å². The van der Waals surface area contributed by atoms with Crippen LogP contribution < -0.4 is 5.32 Å². The number of nitrogens with zero attached hydrogens (tertiary/aromatic N) is 1. The zero-order valence-corrected chi connectivity index (χ0v) is 18.2. The summed E-state index contributed by atoms with van der Waals surface area (Å²) in [7, 11) is 1.63. The van der Waals surface area contributed by atoms with Crippen molar-refractivity contribution >= 4 is 16.8 Å². The van der Waals surface area contributed by atoms with Crippen LogP contribution in [0.3, 0.4) is 0 Å². The van der Waals surface area contributed by atoms with Gasteiger partial charge in [-0.15, -0.1) is 0 Å². The van der Waals surface area contributed by atoms with Gasteiger partial charge in [-0.25, -0.2) is 4.39 Å². The van der Waals surface area contributed by atoms with Crippen LogP contribution >= 0.6 is 0 Å². The molecule has 1 unspecified atom stereocenters. The molecule has 3 aromatic rings. The Morgan fingerprint density at radius 3 is 2.50 bits per heavy atom. The Hall–Kier alpha value is -2.66. The number of ether oxygens (including phenoxy) is 1. The summed E-state index contributed by atoms with van der Waals surface area (Å²) >= 11 is 0. The van der Waals surface area contributed by atoms with Gasteiger partial charge in [-0.3, -0.25) is 4.79 Å². The average Bonchev–Trinajstić information content (AvgIpc) is 3.05. The summed E-state index contributed by atoms with van der Waals surface area (Å²) in [5.41, 5.74) is 3.23. The van der Waals surface area contributed by atoms with Crippen LogP contribution in [0.1, 0.15) is 44.2 Å². The number of amides is 1. The van der Waals surface area contributed by atoms with E-state index in [0.717, 1.165) is 16.5 Å². The third-order valence-corrected chi connectivity index (χ3v) is 5.52. The fraction of sp³-hybridized carbons (Fsp3) is 0.400. The van der Waals surface area contributed by atoms with Crippen molar-refractivity contribution in [2.75, 3.05) is 20.3 Å². The molecule has 1 atom stereocenters. The van der Waals surface area contributed by atoms with Gasteiger partial charge in [-0.1, -0.05) is 51.1 Å². The second-order valence-electron chi connectivity index (χ2n) is 8.82. The minimum absolute atomic E-state index is 0.0299. The number of para-hydroxylation sites is 1. The van der Waals surface area contributed by atoms with Gasteiger partial charge in [0.25, 0.3) is 0 Å². The van der Waals surface area contributed by atoms with Crippen LogP contribution in [0.15, 0.2) is 54.7 Å². The van der Waals surface area contributed by atoms with Crippen LogP contribution in [0, 0.1) is 11.2 Å². The number of hydrogen-bond acceptors (Lipinski definition) is 2. The highest BCUT2D eigenvalue weighted by Crippen LogP contribution is 2.41. The smallest absolute Gasteiger partial charge is 0.220 e. The molecule has 1 amide bonds. The van der Waals surface area contributed by atoms with E-state index in [4.69, 9.17) is 4.74 Å². The molecule has 30 heavy (non-hydrogen) atoms. The summed E-state index contributed by atoms with van der Waals surface area (Å²) < 4.78 is 20.5. The lowest BCUT2D eigenvalue weighted by molar-refractivity contribution is -0.122. The first kappa shape index (κ1) is 22.0. The Morgan fingerprint density at radius 1 is 1.13 bits per heavy atom. The predicted molar refractivity (Wildman–Crippen MR) is 119 cm³/mol. The van der Waals surface area contributed by atoms with E-state index in [1.165, 1.54) is 17.7 Å². The second-order valence-corrected chi connectivity index (χ2v) is 8.82. The van der Waals surface area contributed by atoms with Crippen LogP contribution in [0.25, 0.3) is 10.9 Å². The Kier molecular flexibility index (Phi) is 6.93. The lowest BCUT2D eigenvalue weighted by Gasteiger charge is -2.30. The monoisotopic (exact) mass is 410 g/mol. The number of nitrogens with one attached hydrogen (secondary N) is 1. The van der Waals surface area contributed by atoms with Gasteiger partial charge in [0, 0.05) is 43.7 Å². The summed E-state index contributed by atoms with van der Waals surface area (Å²) in [5.74, 6) is -0.147. The fourth-order valence-corrected chi connectivity index (χ4v) is 3.90. The molecule has 0 fully saturated rings. The minimum Gasteiger partial charge on any atom is -0.383 e. The topological polar surface area (TPSA) is 43.3 Å². The molecule has 0 bridgehead atoms. The Bertz CT molecular complexity index is 987. The summed E-state index contributed by atoms with van der Waals surface area (Å²) in [6.45, 7) is 8.18. The number of rotatable bonds is 8. The van der Waals surface area contributed by atoms with Crippen molar-refractivity contribution in [3.63, 3.8) is 0 Å². The van der Waals surface area contributed by atoms with Crippen molar-refractivity contribution in [3.05, 3.63) is 71.7 Å². The molecule has 0 saturated heterocycles. The maximum absolute atomic E-state index is 13.3. The molecule has 0 radical (unpaired) electrons. The Morgan fingerprint density at radius 2 is 1.83 bits per heavy atom. The number of benzene rings is 2. The van der Waals surface area contributed by atoms with Gasteiger partial charge < -0.3 is 14.6 Å². The number of aromatic nitrogens is 1. The van der Waals surface area contributed by atoms with Crippen LogP contribution in [-0.4, -0.2) is 30.7 Å². The van der Waals surface area contributed by atoms with Crippen molar-refractivity contribution < 1.29 is 13.9 Å². The van der Waals surface area contributed by atoms with Gasteiger partial charge >= 0.3 is 0 Å². The van der Waals surface area contributed by atoms with Gasteiger partial charge in [0.05, 0.1) is 6.61 Å². The number of hydrogen-bond donors (Lipinski definition) is 1. The van der Waals surface area contributed by atoms with Crippen LogP contribution in [-0.2, 0) is 16.1 Å². The molecular weight excluding hydrogens is 379 g/mol.